The number of benzene rings is 1. The Bertz CT molecular complexity index is 345. The van der Waals surface area contributed by atoms with Crippen LogP contribution in [0.25, 0.3) is 0 Å². The van der Waals surface area contributed by atoms with Crippen LogP contribution in [0.4, 0.5) is 13.2 Å². The van der Waals surface area contributed by atoms with Crippen molar-refractivity contribution in [1.29, 1.82) is 0 Å². The molecule has 0 aliphatic carbocycles. The number of halogens is 3. The summed E-state index contributed by atoms with van der Waals surface area (Å²) in [7, 11) is 0. The molecule has 0 aromatic heterocycles. The van der Waals surface area contributed by atoms with Crippen LogP contribution < -0.4 is 4.74 Å². The molecule has 0 saturated carbocycles. The third-order valence-electron chi connectivity index (χ3n) is 2.00. The van der Waals surface area contributed by atoms with E-state index in [1.165, 1.54) is 12.1 Å². The van der Waals surface area contributed by atoms with Crippen LogP contribution in [0.5, 0.6) is 5.75 Å². The Kier molecular flexibility index (Phi) is 2.56. The van der Waals surface area contributed by atoms with E-state index in [2.05, 4.69) is 4.74 Å². The number of hydrogen-bond acceptors (Lipinski definition) is 2. The van der Waals surface area contributed by atoms with Crippen molar-refractivity contribution in [1.82, 2.24) is 0 Å². The van der Waals surface area contributed by atoms with Gasteiger partial charge in [-0.2, -0.15) is 0 Å². The average Bonchev–Trinajstić information content (AvgIpc) is 2.85. The first-order chi connectivity index (χ1) is 7.03. The number of ether oxygens (including phenoxy) is 2. The minimum absolute atomic E-state index is 0.158. The quantitative estimate of drug-likeness (QED) is 0.727. The second-order valence-electron chi connectivity index (χ2n) is 3.35. The summed E-state index contributed by atoms with van der Waals surface area (Å²) >= 11 is 0. The van der Waals surface area contributed by atoms with E-state index in [4.69, 9.17) is 4.74 Å². The molecule has 15 heavy (non-hydrogen) atoms. The van der Waals surface area contributed by atoms with Crippen LogP contribution >= 0.6 is 0 Å². The van der Waals surface area contributed by atoms with Gasteiger partial charge in [-0.25, -0.2) is 0 Å². The highest BCUT2D eigenvalue weighted by Crippen LogP contribution is 2.25. The van der Waals surface area contributed by atoms with Crippen molar-refractivity contribution in [2.24, 2.45) is 0 Å². The molecule has 1 aliphatic heterocycles. The molecule has 82 valence electrons. The standard InChI is InChI=1S/C10H9F3O2/c11-10(12,13)15-8-3-1-2-7(4-8)5-9-6-14-9/h1-4,9H,5-6H2. The fraction of sp³-hybridized carbons (Fsp3) is 0.400. The summed E-state index contributed by atoms with van der Waals surface area (Å²) in [4.78, 5) is 0. The maximum atomic E-state index is 11.9. The van der Waals surface area contributed by atoms with Crippen molar-refractivity contribution in [2.75, 3.05) is 6.61 Å². The van der Waals surface area contributed by atoms with Gasteiger partial charge in [0.15, 0.2) is 0 Å². The average molecular weight is 218 g/mol. The molecule has 1 aromatic rings. The summed E-state index contributed by atoms with van der Waals surface area (Å²) in [6.45, 7) is 0.685. The lowest BCUT2D eigenvalue weighted by atomic mass is 10.1. The molecule has 2 nitrogen and oxygen atoms in total. The molecule has 0 bridgehead atoms. The Morgan fingerprint density at radius 2 is 2.13 bits per heavy atom. The van der Waals surface area contributed by atoms with Gasteiger partial charge in [0, 0.05) is 6.42 Å². The Hall–Kier alpha value is -1.23. The molecular weight excluding hydrogens is 209 g/mol. The minimum atomic E-state index is -4.63. The first-order valence-electron chi connectivity index (χ1n) is 4.49. The maximum absolute atomic E-state index is 11.9. The fourth-order valence-corrected chi connectivity index (χ4v) is 1.32. The van der Waals surface area contributed by atoms with Crippen molar-refractivity contribution in [2.45, 2.75) is 18.9 Å². The van der Waals surface area contributed by atoms with Gasteiger partial charge in [-0.1, -0.05) is 12.1 Å². The highest BCUT2D eigenvalue weighted by atomic mass is 19.4. The summed E-state index contributed by atoms with van der Waals surface area (Å²) in [5.41, 5.74) is 0.791. The number of epoxide rings is 1. The largest absolute Gasteiger partial charge is 0.573 e. The molecular formula is C10H9F3O2. The van der Waals surface area contributed by atoms with E-state index in [9.17, 15) is 13.2 Å². The zero-order valence-electron chi connectivity index (χ0n) is 7.75. The zero-order chi connectivity index (χ0) is 10.9. The van der Waals surface area contributed by atoms with Crippen LogP contribution in [0, 0.1) is 0 Å². The first-order valence-corrected chi connectivity index (χ1v) is 4.49. The van der Waals surface area contributed by atoms with Crippen LogP contribution in [0.3, 0.4) is 0 Å². The Morgan fingerprint density at radius 3 is 2.73 bits per heavy atom. The molecule has 1 heterocycles. The molecule has 0 radical (unpaired) electrons. The summed E-state index contributed by atoms with van der Waals surface area (Å²) in [6, 6.07) is 5.96. The second-order valence-corrected chi connectivity index (χ2v) is 3.35. The molecule has 1 atom stereocenters. The molecule has 1 fully saturated rings. The minimum Gasteiger partial charge on any atom is -0.406 e. The normalized spacial score (nSPS) is 20.1. The van der Waals surface area contributed by atoms with Crippen molar-refractivity contribution in [3.05, 3.63) is 29.8 Å². The van der Waals surface area contributed by atoms with E-state index in [0.717, 1.165) is 5.56 Å². The number of hydrogen-bond donors (Lipinski definition) is 0. The fourth-order valence-electron chi connectivity index (χ4n) is 1.32. The molecule has 1 saturated heterocycles. The highest BCUT2D eigenvalue weighted by Gasteiger charge is 2.31. The van der Waals surface area contributed by atoms with Gasteiger partial charge < -0.3 is 9.47 Å². The van der Waals surface area contributed by atoms with E-state index in [0.29, 0.717) is 13.0 Å². The summed E-state index contributed by atoms with van der Waals surface area (Å²) in [5, 5.41) is 0. The van der Waals surface area contributed by atoms with Gasteiger partial charge in [-0.3, -0.25) is 0 Å². The van der Waals surface area contributed by atoms with E-state index in [-0.39, 0.29) is 11.9 Å². The first kappa shape index (κ1) is 10.3. The Labute approximate surface area is 84.6 Å². The molecule has 2 rings (SSSR count). The van der Waals surface area contributed by atoms with Crippen LogP contribution in [-0.2, 0) is 11.2 Å². The van der Waals surface area contributed by atoms with Gasteiger partial charge in [0.2, 0.25) is 0 Å². The van der Waals surface area contributed by atoms with Crippen molar-refractivity contribution < 1.29 is 22.6 Å². The topological polar surface area (TPSA) is 21.8 Å². The predicted molar refractivity (Wildman–Crippen MR) is 46.6 cm³/mol. The van der Waals surface area contributed by atoms with Gasteiger partial charge in [-0.15, -0.1) is 13.2 Å². The molecule has 1 aliphatic rings. The lowest BCUT2D eigenvalue weighted by Gasteiger charge is -2.09. The van der Waals surface area contributed by atoms with Crippen molar-refractivity contribution >= 4 is 0 Å². The van der Waals surface area contributed by atoms with Gasteiger partial charge in [0.1, 0.15) is 5.75 Å². The third-order valence-corrected chi connectivity index (χ3v) is 2.00. The highest BCUT2D eigenvalue weighted by molar-refractivity contribution is 5.29. The Morgan fingerprint density at radius 1 is 1.40 bits per heavy atom. The van der Waals surface area contributed by atoms with Crippen LogP contribution in [0.15, 0.2) is 24.3 Å². The van der Waals surface area contributed by atoms with E-state index in [1.54, 1.807) is 12.1 Å². The van der Waals surface area contributed by atoms with Crippen LogP contribution in [-0.4, -0.2) is 19.1 Å². The van der Waals surface area contributed by atoms with E-state index >= 15 is 0 Å². The molecule has 0 N–H and O–H groups in total. The molecule has 0 amide bonds. The summed E-state index contributed by atoms with van der Waals surface area (Å²) in [6.07, 6.45) is -3.84. The zero-order valence-corrected chi connectivity index (χ0v) is 7.75. The summed E-state index contributed by atoms with van der Waals surface area (Å²) in [5.74, 6) is -0.180. The van der Waals surface area contributed by atoms with E-state index < -0.39 is 6.36 Å². The lowest BCUT2D eigenvalue weighted by molar-refractivity contribution is -0.274. The second kappa shape index (κ2) is 3.73. The van der Waals surface area contributed by atoms with Crippen molar-refractivity contribution in [3.8, 4) is 5.75 Å². The van der Waals surface area contributed by atoms with Gasteiger partial charge in [-0.05, 0) is 17.7 Å². The van der Waals surface area contributed by atoms with Crippen LogP contribution in [0.2, 0.25) is 0 Å². The SMILES string of the molecule is FC(F)(F)Oc1cccc(CC2CO2)c1. The van der Waals surface area contributed by atoms with E-state index in [1.807, 2.05) is 0 Å². The Balaban J connectivity index is 2.04. The molecule has 1 unspecified atom stereocenters. The molecule has 1 aromatic carbocycles. The lowest BCUT2D eigenvalue weighted by Crippen LogP contribution is -2.17. The van der Waals surface area contributed by atoms with Gasteiger partial charge in [0.05, 0.1) is 12.7 Å². The molecule has 0 spiro atoms. The number of alkyl halides is 3. The van der Waals surface area contributed by atoms with Crippen LogP contribution in [0.1, 0.15) is 5.56 Å². The maximum Gasteiger partial charge on any atom is 0.573 e. The van der Waals surface area contributed by atoms with Crippen molar-refractivity contribution in [3.63, 3.8) is 0 Å². The molecule has 5 heteroatoms. The smallest absolute Gasteiger partial charge is 0.406 e. The van der Waals surface area contributed by atoms with Gasteiger partial charge in [0.25, 0.3) is 0 Å². The summed E-state index contributed by atoms with van der Waals surface area (Å²) < 4.78 is 44.5. The number of rotatable bonds is 3. The third kappa shape index (κ3) is 3.43. The van der Waals surface area contributed by atoms with Gasteiger partial charge >= 0.3 is 6.36 Å². The monoisotopic (exact) mass is 218 g/mol. The predicted octanol–water partition coefficient (Wildman–Crippen LogP) is 2.53.